The monoisotopic (exact) mass is 304 g/mol. The van der Waals surface area contributed by atoms with Crippen molar-refractivity contribution in [1.29, 1.82) is 0 Å². The van der Waals surface area contributed by atoms with Gasteiger partial charge in [-0.2, -0.15) is 0 Å². The highest BCUT2D eigenvalue weighted by atomic mass is 16.5. The number of aromatic nitrogens is 2. The van der Waals surface area contributed by atoms with Crippen LogP contribution in [0.2, 0.25) is 0 Å². The van der Waals surface area contributed by atoms with Gasteiger partial charge in [0.25, 0.3) is 0 Å². The lowest BCUT2D eigenvalue weighted by molar-refractivity contribution is 0.177. The Labute approximate surface area is 132 Å². The lowest BCUT2D eigenvalue weighted by Crippen LogP contribution is -2.20. The SMILES string of the molecule is CCCCCC(CCC)Oc1cccc2c1n(C)c(=O)n2C. The lowest BCUT2D eigenvalue weighted by atomic mass is 10.1. The van der Waals surface area contributed by atoms with Crippen molar-refractivity contribution in [3.63, 3.8) is 0 Å². The van der Waals surface area contributed by atoms with E-state index in [9.17, 15) is 4.79 Å². The summed E-state index contributed by atoms with van der Waals surface area (Å²) in [6, 6.07) is 5.91. The molecule has 0 saturated heterocycles. The standard InChI is InChI=1S/C18H28N2O2/c1-5-7-8-11-14(10-6-2)22-16-13-9-12-15-17(16)20(4)18(21)19(15)3/h9,12-14H,5-8,10-11H2,1-4H3. The summed E-state index contributed by atoms with van der Waals surface area (Å²) in [7, 11) is 3.61. The van der Waals surface area contributed by atoms with Crippen LogP contribution in [0.1, 0.15) is 52.4 Å². The number of hydrogen-bond acceptors (Lipinski definition) is 2. The van der Waals surface area contributed by atoms with Gasteiger partial charge >= 0.3 is 5.69 Å². The van der Waals surface area contributed by atoms with Crippen LogP contribution in [-0.4, -0.2) is 15.2 Å². The van der Waals surface area contributed by atoms with Crippen LogP contribution < -0.4 is 10.4 Å². The molecule has 0 aliphatic carbocycles. The Kier molecular flexibility index (Phi) is 5.69. The van der Waals surface area contributed by atoms with Crippen molar-refractivity contribution in [3.8, 4) is 5.75 Å². The molecule has 1 atom stereocenters. The molecule has 4 nitrogen and oxygen atoms in total. The van der Waals surface area contributed by atoms with Crippen molar-refractivity contribution >= 4 is 11.0 Å². The molecule has 0 aliphatic rings. The molecule has 0 aliphatic heterocycles. The van der Waals surface area contributed by atoms with Crippen LogP contribution >= 0.6 is 0 Å². The van der Waals surface area contributed by atoms with Crippen molar-refractivity contribution in [3.05, 3.63) is 28.7 Å². The Morgan fingerprint density at radius 1 is 1.05 bits per heavy atom. The van der Waals surface area contributed by atoms with Crippen LogP contribution in [-0.2, 0) is 14.1 Å². The maximum absolute atomic E-state index is 12.1. The second-order valence-corrected chi connectivity index (χ2v) is 6.05. The Balaban J connectivity index is 2.29. The second-order valence-electron chi connectivity index (χ2n) is 6.05. The molecule has 1 aromatic carbocycles. The van der Waals surface area contributed by atoms with Crippen molar-refractivity contribution in [2.24, 2.45) is 14.1 Å². The minimum absolute atomic E-state index is 0.0101. The Bertz CT molecular complexity index is 670. The van der Waals surface area contributed by atoms with Crippen LogP contribution in [0.5, 0.6) is 5.75 Å². The van der Waals surface area contributed by atoms with Crippen molar-refractivity contribution in [2.45, 2.75) is 58.5 Å². The Morgan fingerprint density at radius 3 is 2.50 bits per heavy atom. The summed E-state index contributed by atoms with van der Waals surface area (Å²) in [5.41, 5.74) is 1.81. The Morgan fingerprint density at radius 2 is 1.82 bits per heavy atom. The highest BCUT2D eigenvalue weighted by molar-refractivity contribution is 5.82. The zero-order valence-electron chi connectivity index (χ0n) is 14.3. The van der Waals surface area contributed by atoms with Gasteiger partial charge in [0.05, 0.1) is 11.6 Å². The number of fused-ring (bicyclic) bond motifs is 1. The number of para-hydroxylation sites is 1. The van der Waals surface area contributed by atoms with E-state index in [1.807, 2.05) is 25.2 Å². The highest BCUT2D eigenvalue weighted by Gasteiger charge is 2.16. The van der Waals surface area contributed by atoms with Crippen LogP contribution in [0.15, 0.2) is 23.0 Å². The van der Waals surface area contributed by atoms with Crippen LogP contribution in [0.25, 0.3) is 11.0 Å². The van der Waals surface area contributed by atoms with Gasteiger partial charge < -0.3 is 4.74 Å². The minimum atomic E-state index is -0.0101. The third-order valence-corrected chi connectivity index (χ3v) is 4.28. The largest absolute Gasteiger partial charge is 0.488 e. The van der Waals surface area contributed by atoms with Crippen molar-refractivity contribution in [2.75, 3.05) is 0 Å². The zero-order chi connectivity index (χ0) is 16.1. The maximum atomic E-state index is 12.1. The molecule has 22 heavy (non-hydrogen) atoms. The fourth-order valence-electron chi connectivity index (χ4n) is 3.02. The summed E-state index contributed by atoms with van der Waals surface area (Å²) in [5, 5.41) is 0. The molecule has 2 rings (SSSR count). The van der Waals surface area contributed by atoms with Crippen molar-refractivity contribution in [1.82, 2.24) is 9.13 Å². The van der Waals surface area contributed by atoms with E-state index in [0.29, 0.717) is 0 Å². The molecule has 4 heteroatoms. The van der Waals surface area contributed by atoms with Crippen LogP contribution in [0, 0.1) is 0 Å². The predicted molar refractivity (Wildman–Crippen MR) is 91.6 cm³/mol. The molecule has 0 N–H and O–H groups in total. The van der Waals surface area contributed by atoms with E-state index < -0.39 is 0 Å². The normalized spacial score (nSPS) is 12.7. The number of hydrogen-bond donors (Lipinski definition) is 0. The highest BCUT2D eigenvalue weighted by Crippen LogP contribution is 2.27. The first kappa shape index (κ1) is 16.7. The molecule has 1 aromatic heterocycles. The smallest absolute Gasteiger partial charge is 0.328 e. The molecule has 0 bridgehead atoms. The molecule has 0 saturated carbocycles. The second kappa shape index (κ2) is 7.52. The topological polar surface area (TPSA) is 36.2 Å². The fraction of sp³-hybridized carbons (Fsp3) is 0.611. The summed E-state index contributed by atoms with van der Waals surface area (Å²) >= 11 is 0. The number of benzene rings is 1. The van der Waals surface area contributed by atoms with E-state index in [0.717, 1.165) is 36.0 Å². The maximum Gasteiger partial charge on any atom is 0.328 e. The average Bonchev–Trinajstić information content (AvgIpc) is 2.73. The number of unbranched alkanes of at least 4 members (excludes halogenated alkanes) is 2. The first-order valence-corrected chi connectivity index (χ1v) is 8.41. The molecule has 122 valence electrons. The van der Waals surface area contributed by atoms with E-state index in [4.69, 9.17) is 4.74 Å². The van der Waals surface area contributed by atoms with Gasteiger partial charge in [0.15, 0.2) is 0 Å². The fourth-order valence-corrected chi connectivity index (χ4v) is 3.02. The molecule has 0 radical (unpaired) electrons. The molecular weight excluding hydrogens is 276 g/mol. The number of nitrogens with zero attached hydrogens (tertiary/aromatic N) is 2. The molecule has 0 amide bonds. The Hall–Kier alpha value is -1.71. The minimum Gasteiger partial charge on any atom is -0.488 e. The first-order valence-electron chi connectivity index (χ1n) is 8.41. The van der Waals surface area contributed by atoms with E-state index in [2.05, 4.69) is 13.8 Å². The van der Waals surface area contributed by atoms with Gasteiger partial charge in [-0.15, -0.1) is 0 Å². The van der Waals surface area contributed by atoms with Crippen molar-refractivity contribution < 1.29 is 4.74 Å². The predicted octanol–water partition coefficient (Wildman–Crippen LogP) is 4.00. The lowest BCUT2D eigenvalue weighted by Gasteiger charge is -2.19. The summed E-state index contributed by atoms with van der Waals surface area (Å²) < 4.78 is 9.65. The van der Waals surface area contributed by atoms with Gasteiger partial charge in [0, 0.05) is 14.1 Å². The third-order valence-electron chi connectivity index (χ3n) is 4.28. The summed E-state index contributed by atoms with van der Waals surface area (Å²) in [4.78, 5) is 12.1. The van der Waals surface area contributed by atoms with Crippen LogP contribution in [0.3, 0.4) is 0 Å². The van der Waals surface area contributed by atoms with Crippen LogP contribution in [0.4, 0.5) is 0 Å². The number of aryl methyl sites for hydroxylation is 2. The van der Waals surface area contributed by atoms with E-state index in [-0.39, 0.29) is 11.8 Å². The van der Waals surface area contributed by atoms with Gasteiger partial charge in [-0.1, -0.05) is 39.2 Å². The van der Waals surface area contributed by atoms with Gasteiger partial charge in [0.1, 0.15) is 11.3 Å². The summed E-state index contributed by atoms with van der Waals surface area (Å²) in [6.45, 7) is 4.41. The number of rotatable bonds is 8. The molecule has 1 unspecified atom stereocenters. The zero-order valence-corrected chi connectivity index (χ0v) is 14.3. The van der Waals surface area contributed by atoms with Gasteiger partial charge in [-0.05, 0) is 31.4 Å². The third kappa shape index (κ3) is 3.37. The molecule has 0 fully saturated rings. The summed E-state index contributed by atoms with van der Waals surface area (Å²) in [6.07, 6.45) is 7.15. The summed E-state index contributed by atoms with van der Waals surface area (Å²) in [5.74, 6) is 0.827. The van der Waals surface area contributed by atoms with Gasteiger partial charge in [-0.3, -0.25) is 9.13 Å². The van der Waals surface area contributed by atoms with E-state index in [1.54, 1.807) is 16.2 Å². The number of imidazole rings is 1. The van der Waals surface area contributed by atoms with Gasteiger partial charge in [0.2, 0.25) is 0 Å². The molecular formula is C18H28N2O2. The molecule has 2 aromatic rings. The van der Waals surface area contributed by atoms with Gasteiger partial charge in [-0.25, -0.2) is 4.79 Å². The molecule has 0 spiro atoms. The number of ether oxygens (including phenoxy) is 1. The average molecular weight is 304 g/mol. The molecule has 1 heterocycles. The quantitative estimate of drug-likeness (QED) is 0.691. The van der Waals surface area contributed by atoms with E-state index >= 15 is 0 Å². The van der Waals surface area contributed by atoms with E-state index in [1.165, 1.54) is 19.3 Å². The first-order chi connectivity index (χ1) is 10.6.